The molecule has 1 aliphatic rings. The van der Waals surface area contributed by atoms with Crippen LogP contribution in [0.4, 0.5) is 4.39 Å². The van der Waals surface area contributed by atoms with Gasteiger partial charge in [0.2, 0.25) is 0 Å². The molecule has 132 valence electrons. The molecule has 0 spiro atoms. The van der Waals surface area contributed by atoms with E-state index in [1.165, 1.54) is 12.1 Å². The van der Waals surface area contributed by atoms with Crippen LogP contribution in [0.15, 0.2) is 36.4 Å². The molecule has 1 amide bonds. The zero-order chi connectivity index (χ0) is 18.2. The molecule has 1 aliphatic heterocycles. The number of fused-ring (bicyclic) bond motifs is 1. The van der Waals surface area contributed by atoms with E-state index in [9.17, 15) is 9.18 Å². The van der Waals surface area contributed by atoms with Crippen LogP contribution >= 0.6 is 11.6 Å². The molecule has 25 heavy (non-hydrogen) atoms. The first-order valence-corrected chi connectivity index (χ1v) is 8.30. The van der Waals surface area contributed by atoms with Crippen molar-refractivity contribution in [3.05, 3.63) is 58.4 Å². The monoisotopic (exact) mass is 363 g/mol. The Hall–Kier alpha value is -2.27. The Kier molecular flexibility index (Phi) is 4.60. The van der Waals surface area contributed by atoms with Gasteiger partial charge in [0.05, 0.1) is 18.7 Å². The van der Waals surface area contributed by atoms with Crippen molar-refractivity contribution in [2.24, 2.45) is 0 Å². The maximum Gasteiger partial charge on any atom is 0.254 e. The van der Waals surface area contributed by atoms with Gasteiger partial charge in [0.25, 0.3) is 5.91 Å². The second-order valence-electron chi connectivity index (χ2n) is 6.62. The smallest absolute Gasteiger partial charge is 0.254 e. The molecule has 1 heterocycles. The van der Waals surface area contributed by atoms with Gasteiger partial charge in [-0.3, -0.25) is 4.79 Å². The molecular formula is C19H19ClFNO3. The third-order valence-corrected chi connectivity index (χ3v) is 4.39. The van der Waals surface area contributed by atoms with Crippen molar-refractivity contribution in [2.75, 3.05) is 7.11 Å². The van der Waals surface area contributed by atoms with Gasteiger partial charge in [-0.2, -0.15) is 0 Å². The number of amides is 1. The summed E-state index contributed by atoms with van der Waals surface area (Å²) in [6.07, 6.45) is 0.550. The molecule has 0 saturated carbocycles. The Balaban J connectivity index is 1.92. The molecule has 6 heteroatoms. The lowest BCUT2D eigenvalue weighted by Gasteiger charge is -2.38. The highest BCUT2D eigenvalue weighted by molar-refractivity contribution is 6.30. The van der Waals surface area contributed by atoms with Crippen LogP contribution in [-0.4, -0.2) is 18.6 Å². The molecule has 0 bridgehead atoms. The van der Waals surface area contributed by atoms with Crippen LogP contribution in [0.3, 0.4) is 0 Å². The van der Waals surface area contributed by atoms with Crippen molar-refractivity contribution < 1.29 is 18.7 Å². The Morgan fingerprint density at radius 2 is 2.08 bits per heavy atom. The van der Waals surface area contributed by atoms with Gasteiger partial charge in [-0.25, -0.2) is 4.39 Å². The van der Waals surface area contributed by atoms with E-state index >= 15 is 0 Å². The fourth-order valence-electron chi connectivity index (χ4n) is 3.00. The molecule has 0 radical (unpaired) electrons. The number of ether oxygens (including phenoxy) is 2. The number of carbonyl (C=O) groups excluding carboxylic acids is 1. The second-order valence-corrected chi connectivity index (χ2v) is 7.06. The zero-order valence-electron chi connectivity index (χ0n) is 14.2. The highest BCUT2D eigenvalue weighted by Gasteiger charge is 2.35. The molecule has 3 rings (SSSR count). The van der Waals surface area contributed by atoms with Gasteiger partial charge in [0, 0.05) is 17.0 Å². The Morgan fingerprint density at radius 3 is 2.76 bits per heavy atom. The minimum Gasteiger partial charge on any atom is -0.497 e. The molecule has 4 nitrogen and oxygen atoms in total. The van der Waals surface area contributed by atoms with Crippen molar-refractivity contribution in [2.45, 2.75) is 31.9 Å². The van der Waals surface area contributed by atoms with Crippen LogP contribution in [0.5, 0.6) is 11.5 Å². The summed E-state index contributed by atoms with van der Waals surface area (Å²) in [5.74, 6) is 0.200. The minimum atomic E-state index is -0.651. The Bertz CT molecular complexity index is 822. The highest BCUT2D eigenvalue weighted by atomic mass is 35.5. The first-order chi connectivity index (χ1) is 11.8. The van der Waals surface area contributed by atoms with Gasteiger partial charge >= 0.3 is 0 Å². The minimum absolute atomic E-state index is 0.0434. The third kappa shape index (κ3) is 3.71. The summed E-state index contributed by atoms with van der Waals surface area (Å²) in [6.45, 7) is 3.89. The van der Waals surface area contributed by atoms with Gasteiger partial charge in [-0.15, -0.1) is 0 Å². The summed E-state index contributed by atoms with van der Waals surface area (Å²) < 4.78 is 25.3. The summed E-state index contributed by atoms with van der Waals surface area (Å²) in [4.78, 5) is 12.6. The van der Waals surface area contributed by atoms with E-state index in [-0.39, 0.29) is 16.6 Å². The average Bonchev–Trinajstić information content (AvgIpc) is 2.53. The normalized spacial score (nSPS) is 18.0. The maximum atomic E-state index is 14.0. The molecule has 1 N–H and O–H groups in total. The predicted molar refractivity (Wildman–Crippen MR) is 93.9 cm³/mol. The molecular weight excluding hydrogens is 345 g/mol. The van der Waals surface area contributed by atoms with Crippen LogP contribution in [0.25, 0.3) is 0 Å². The molecule has 0 saturated heterocycles. The van der Waals surface area contributed by atoms with E-state index in [4.69, 9.17) is 21.1 Å². The molecule has 0 unspecified atom stereocenters. The van der Waals surface area contributed by atoms with Crippen molar-refractivity contribution >= 4 is 17.5 Å². The van der Waals surface area contributed by atoms with Crippen molar-refractivity contribution in [3.8, 4) is 11.5 Å². The maximum absolute atomic E-state index is 14.0. The SMILES string of the molecule is COc1ccc2c(c1)[C@H](NC(=O)c1ccc(Cl)cc1F)CC(C)(C)O2. The van der Waals surface area contributed by atoms with E-state index in [0.717, 1.165) is 11.6 Å². The van der Waals surface area contributed by atoms with Crippen LogP contribution in [-0.2, 0) is 0 Å². The molecule has 2 aromatic carbocycles. The number of nitrogens with one attached hydrogen (secondary N) is 1. The molecule has 0 fully saturated rings. The van der Waals surface area contributed by atoms with Crippen molar-refractivity contribution in [1.82, 2.24) is 5.32 Å². The summed E-state index contributed by atoms with van der Waals surface area (Å²) in [5.41, 5.74) is 0.303. The second kappa shape index (κ2) is 6.56. The number of methoxy groups -OCH3 is 1. The van der Waals surface area contributed by atoms with E-state index in [2.05, 4.69) is 5.32 Å². The van der Waals surface area contributed by atoms with Crippen LogP contribution in [0, 0.1) is 5.82 Å². The van der Waals surface area contributed by atoms with Gasteiger partial charge in [-0.05, 0) is 50.2 Å². The topological polar surface area (TPSA) is 47.6 Å². The standard InChI is InChI=1S/C19H19ClFNO3/c1-19(2)10-16(14-9-12(24-3)5-7-17(14)25-19)22-18(23)13-6-4-11(20)8-15(13)21/h4-9,16H,10H2,1-3H3,(H,22,23)/t16-/m1/s1. The Morgan fingerprint density at radius 1 is 1.32 bits per heavy atom. The fraction of sp³-hybridized carbons (Fsp3) is 0.316. The Labute approximate surface area is 150 Å². The van der Waals surface area contributed by atoms with E-state index in [0.29, 0.717) is 17.9 Å². The summed E-state index contributed by atoms with van der Waals surface area (Å²) in [5, 5.41) is 3.15. The van der Waals surface area contributed by atoms with Gasteiger partial charge in [0.1, 0.15) is 22.9 Å². The number of hydrogen-bond donors (Lipinski definition) is 1. The van der Waals surface area contributed by atoms with Crippen molar-refractivity contribution in [3.63, 3.8) is 0 Å². The number of rotatable bonds is 3. The van der Waals surface area contributed by atoms with E-state index in [1.807, 2.05) is 26.0 Å². The van der Waals surface area contributed by atoms with Crippen LogP contribution in [0.2, 0.25) is 5.02 Å². The summed E-state index contributed by atoms with van der Waals surface area (Å²) >= 11 is 5.75. The van der Waals surface area contributed by atoms with Crippen LogP contribution < -0.4 is 14.8 Å². The highest BCUT2D eigenvalue weighted by Crippen LogP contribution is 2.41. The zero-order valence-corrected chi connectivity index (χ0v) is 15.0. The molecule has 1 atom stereocenters. The average molecular weight is 364 g/mol. The van der Waals surface area contributed by atoms with Gasteiger partial charge in [-0.1, -0.05) is 11.6 Å². The van der Waals surface area contributed by atoms with Crippen LogP contribution in [0.1, 0.15) is 42.2 Å². The quantitative estimate of drug-likeness (QED) is 0.872. The van der Waals surface area contributed by atoms with Crippen molar-refractivity contribution in [1.29, 1.82) is 0 Å². The molecule has 0 aromatic heterocycles. The summed E-state index contributed by atoms with van der Waals surface area (Å²) in [6, 6.07) is 9.12. The number of hydrogen-bond acceptors (Lipinski definition) is 3. The molecule has 2 aromatic rings. The molecule has 0 aliphatic carbocycles. The fourth-order valence-corrected chi connectivity index (χ4v) is 3.16. The number of halogens is 2. The predicted octanol–water partition coefficient (Wildman–Crippen LogP) is 4.52. The number of benzene rings is 2. The van der Waals surface area contributed by atoms with E-state index < -0.39 is 17.3 Å². The lowest BCUT2D eigenvalue weighted by Crippen LogP contribution is -2.41. The first kappa shape index (κ1) is 17.5. The summed E-state index contributed by atoms with van der Waals surface area (Å²) in [7, 11) is 1.58. The lowest BCUT2D eigenvalue weighted by atomic mass is 9.89. The van der Waals surface area contributed by atoms with Gasteiger partial charge in [0.15, 0.2) is 0 Å². The lowest BCUT2D eigenvalue weighted by molar-refractivity contribution is 0.0617. The van der Waals surface area contributed by atoms with E-state index in [1.54, 1.807) is 13.2 Å². The largest absolute Gasteiger partial charge is 0.497 e. The number of carbonyl (C=O) groups is 1. The first-order valence-electron chi connectivity index (χ1n) is 7.92. The third-order valence-electron chi connectivity index (χ3n) is 4.16. The van der Waals surface area contributed by atoms with Gasteiger partial charge < -0.3 is 14.8 Å².